The second kappa shape index (κ2) is 5.92. The van der Waals surface area contributed by atoms with Crippen molar-refractivity contribution in [1.29, 1.82) is 0 Å². The lowest BCUT2D eigenvalue weighted by atomic mass is 9.96. The fourth-order valence-corrected chi connectivity index (χ4v) is 2.74. The standard InChI is InChI=1S/C16H26N2O2/c1-6-12-10-17-16(2,3)11-18(12)13-7-14(19-4)9-15(8-13)20-5/h7-9,12,17H,6,10-11H2,1-5H3. The van der Waals surface area contributed by atoms with Gasteiger partial charge < -0.3 is 19.7 Å². The Labute approximate surface area is 122 Å². The van der Waals surface area contributed by atoms with E-state index in [0.717, 1.165) is 31.0 Å². The zero-order valence-corrected chi connectivity index (χ0v) is 13.2. The van der Waals surface area contributed by atoms with Gasteiger partial charge in [0.2, 0.25) is 0 Å². The highest BCUT2D eigenvalue weighted by atomic mass is 16.5. The molecule has 0 spiro atoms. The Morgan fingerprint density at radius 2 is 1.80 bits per heavy atom. The van der Waals surface area contributed by atoms with Crippen molar-refractivity contribution in [3.63, 3.8) is 0 Å². The van der Waals surface area contributed by atoms with E-state index >= 15 is 0 Å². The maximum atomic E-state index is 5.39. The number of hydrogen-bond acceptors (Lipinski definition) is 4. The summed E-state index contributed by atoms with van der Waals surface area (Å²) in [6, 6.07) is 6.59. The summed E-state index contributed by atoms with van der Waals surface area (Å²) in [4.78, 5) is 2.46. The average molecular weight is 278 g/mol. The molecule has 1 atom stereocenters. The smallest absolute Gasteiger partial charge is 0.124 e. The number of nitrogens with zero attached hydrogens (tertiary/aromatic N) is 1. The molecule has 2 rings (SSSR count). The van der Waals surface area contributed by atoms with E-state index < -0.39 is 0 Å². The van der Waals surface area contributed by atoms with E-state index in [4.69, 9.17) is 9.47 Å². The van der Waals surface area contributed by atoms with Crippen LogP contribution in [-0.2, 0) is 0 Å². The van der Waals surface area contributed by atoms with Gasteiger partial charge in [0.1, 0.15) is 11.5 Å². The molecule has 0 saturated carbocycles. The summed E-state index contributed by atoms with van der Waals surface area (Å²) < 4.78 is 10.8. The number of piperazine rings is 1. The fourth-order valence-electron chi connectivity index (χ4n) is 2.74. The third kappa shape index (κ3) is 3.18. The zero-order chi connectivity index (χ0) is 14.8. The third-order valence-corrected chi connectivity index (χ3v) is 3.96. The van der Waals surface area contributed by atoms with Crippen LogP contribution in [0.2, 0.25) is 0 Å². The second-order valence-corrected chi connectivity index (χ2v) is 6.03. The maximum absolute atomic E-state index is 5.39. The van der Waals surface area contributed by atoms with Crippen molar-refractivity contribution in [2.45, 2.75) is 38.8 Å². The molecular weight excluding hydrogens is 252 g/mol. The van der Waals surface area contributed by atoms with Gasteiger partial charge >= 0.3 is 0 Å². The van der Waals surface area contributed by atoms with Crippen LogP contribution in [0.15, 0.2) is 18.2 Å². The van der Waals surface area contributed by atoms with Crippen molar-refractivity contribution >= 4 is 5.69 Å². The van der Waals surface area contributed by atoms with Gasteiger partial charge in [-0.1, -0.05) is 6.92 Å². The number of ether oxygens (including phenoxy) is 2. The summed E-state index contributed by atoms with van der Waals surface area (Å²) in [5, 5.41) is 3.61. The Morgan fingerprint density at radius 1 is 1.20 bits per heavy atom. The fraction of sp³-hybridized carbons (Fsp3) is 0.625. The van der Waals surface area contributed by atoms with Gasteiger partial charge in [0.05, 0.1) is 14.2 Å². The van der Waals surface area contributed by atoms with E-state index in [1.165, 1.54) is 5.69 Å². The molecule has 0 amide bonds. The third-order valence-electron chi connectivity index (χ3n) is 3.96. The summed E-state index contributed by atoms with van der Waals surface area (Å²) in [6.45, 7) is 8.69. The number of nitrogens with one attached hydrogen (secondary N) is 1. The maximum Gasteiger partial charge on any atom is 0.124 e. The van der Waals surface area contributed by atoms with Crippen LogP contribution in [0.4, 0.5) is 5.69 Å². The second-order valence-electron chi connectivity index (χ2n) is 6.03. The molecule has 4 heteroatoms. The summed E-state index contributed by atoms with van der Waals surface area (Å²) in [5.74, 6) is 1.68. The first-order valence-corrected chi connectivity index (χ1v) is 7.24. The van der Waals surface area contributed by atoms with Crippen LogP contribution < -0.4 is 19.7 Å². The molecule has 0 aliphatic carbocycles. The van der Waals surface area contributed by atoms with Crippen LogP contribution in [0.1, 0.15) is 27.2 Å². The highest BCUT2D eigenvalue weighted by molar-refractivity contribution is 5.57. The Balaban J connectivity index is 2.35. The molecule has 20 heavy (non-hydrogen) atoms. The minimum Gasteiger partial charge on any atom is -0.497 e. The Bertz CT molecular complexity index is 438. The van der Waals surface area contributed by atoms with Gasteiger partial charge in [0.15, 0.2) is 0 Å². The van der Waals surface area contributed by atoms with Crippen LogP contribution in [-0.4, -0.2) is 38.9 Å². The van der Waals surface area contributed by atoms with Crippen LogP contribution in [0.3, 0.4) is 0 Å². The molecule has 1 aliphatic heterocycles. The van der Waals surface area contributed by atoms with Crippen molar-refractivity contribution in [2.75, 3.05) is 32.2 Å². The Kier molecular flexibility index (Phi) is 4.43. The lowest BCUT2D eigenvalue weighted by Gasteiger charge is -2.46. The molecule has 1 aliphatic rings. The highest BCUT2D eigenvalue weighted by Gasteiger charge is 2.32. The number of anilines is 1. The minimum atomic E-state index is 0.113. The van der Waals surface area contributed by atoms with Gasteiger partial charge in [-0.05, 0) is 20.3 Å². The van der Waals surface area contributed by atoms with Crippen molar-refractivity contribution in [3.05, 3.63) is 18.2 Å². The van der Waals surface area contributed by atoms with Gasteiger partial charge in [-0.2, -0.15) is 0 Å². The van der Waals surface area contributed by atoms with E-state index in [1.807, 2.05) is 6.07 Å². The summed E-state index contributed by atoms with van der Waals surface area (Å²) in [7, 11) is 3.38. The van der Waals surface area contributed by atoms with E-state index in [0.29, 0.717) is 6.04 Å². The monoisotopic (exact) mass is 278 g/mol. The highest BCUT2D eigenvalue weighted by Crippen LogP contribution is 2.32. The van der Waals surface area contributed by atoms with Crippen LogP contribution in [0.25, 0.3) is 0 Å². The molecule has 1 N–H and O–H groups in total. The van der Waals surface area contributed by atoms with Crippen molar-refractivity contribution < 1.29 is 9.47 Å². The number of rotatable bonds is 4. The van der Waals surface area contributed by atoms with Crippen LogP contribution in [0, 0.1) is 0 Å². The number of methoxy groups -OCH3 is 2. The molecule has 1 heterocycles. The molecule has 1 aromatic carbocycles. The molecule has 0 aromatic heterocycles. The SMILES string of the molecule is CCC1CNC(C)(C)CN1c1cc(OC)cc(OC)c1. The number of benzene rings is 1. The Hall–Kier alpha value is -1.42. The topological polar surface area (TPSA) is 33.7 Å². The first-order chi connectivity index (χ1) is 9.49. The predicted octanol–water partition coefficient (Wildman–Crippen LogP) is 2.67. The molecule has 1 unspecified atom stereocenters. The van der Waals surface area contributed by atoms with E-state index in [1.54, 1.807) is 14.2 Å². The lowest BCUT2D eigenvalue weighted by Crippen LogP contribution is -2.61. The van der Waals surface area contributed by atoms with Crippen molar-refractivity contribution in [2.24, 2.45) is 0 Å². The van der Waals surface area contributed by atoms with Crippen LogP contribution in [0.5, 0.6) is 11.5 Å². The molecule has 1 saturated heterocycles. The molecule has 112 valence electrons. The summed E-state index contributed by atoms with van der Waals surface area (Å²) >= 11 is 0. The molecule has 0 radical (unpaired) electrons. The van der Waals surface area contributed by atoms with Gasteiger partial charge in [0, 0.05) is 48.6 Å². The first kappa shape index (κ1) is 15.0. The van der Waals surface area contributed by atoms with Crippen molar-refractivity contribution in [1.82, 2.24) is 5.32 Å². The summed E-state index contributed by atoms with van der Waals surface area (Å²) in [6.07, 6.45) is 1.11. The van der Waals surface area contributed by atoms with Crippen LogP contribution >= 0.6 is 0 Å². The lowest BCUT2D eigenvalue weighted by molar-refractivity contribution is 0.305. The van der Waals surface area contributed by atoms with Gasteiger partial charge in [-0.25, -0.2) is 0 Å². The minimum absolute atomic E-state index is 0.113. The normalized spacial score (nSPS) is 21.6. The molecular formula is C16H26N2O2. The molecule has 4 nitrogen and oxygen atoms in total. The molecule has 0 bridgehead atoms. The number of hydrogen-bond donors (Lipinski definition) is 1. The largest absolute Gasteiger partial charge is 0.497 e. The predicted molar refractivity (Wildman–Crippen MR) is 83.1 cm³/mol. The quantitative estimate of drug-likeness (QED) is 0.918. The van der Waals surface area contributed by atoms with Gasteiger partial charge in [0.25, 0.3) is 0 Å². The molecule has 1 fully saturated rings. The van der Waals surface area contributed by atoms with E-state index in [2.05, 4.69) is 43.1 Å². The van der Waals surface area contributed by atoms with E-state index in [-0.39, 0.29) is 5.54 Å². The average Bonchev–Trinajstić information content (AvgIpc) is 2.45. The van der Waals surface area contributed by atoms with E-state index in [9.17, 15) is 0 Å². The summed E-state index contributed by atoms with van der Waals surface area (Å²) in [5.41, 5.74) is 1.28. The first-order valence-electron chi connectivity index (χ1n) is 7.24. The van der Waals surface area contributed by atoms with Gasteiger partial charge in [-0.3, -0.25) is 0 Å². The Morgan fingerprint density at radius 3 is 2.30 bits per heavy atom. The van der Waals surface area contributed by atoms with Crippen molar-refractivity contribution in [3.8, 4) is 11.5 Å². The van der Waals surface area contributed by atoms with Gasteiger partial charge in [-0.15, -0.1) is 0 Å². The molecule has 1 aromatic rings. The zero-order valence-electron chi connectivity index (χ0n) is 13.2.